The van der Waals surface area contributed by atoms with Crippen molar-refractivity contribution in [3.8, 4) is 11.5 Å². The molecule has 1 aliphatic rings. The van der Waals surface area contributed by atoms with Gasteiger partial charge < -0.3 is 9.47 Å². The maximum atomic E-state index is 13.7. The van der Waals surface area contributed by atoms with Gasteiger partial charge in [-0.1, -0.05) is 11.6 Å². The van der Waals surface area contributed by atoms with Crippen LogP contribution in [0.1, 0.15) is 6.42 Å². The zero-order valence-electron chi connectivity index (χ0n) is 12.2. The van der Waals surface area contributed by atoms with Crippen molar-refractivity contribution < 1.29 is 26.7 Å². The van der Waals surface area contributed by atoms with Crippen LogP contribution in [0.4, 0.5) is 14.5 Å². The van der Waals surface area contributed by atoms with Gasteiger partial charge in [-0.05, 0) is 18.2 Å². The minimum Gasteiger partial charge on any atom is -0.490 e. The molecule has 0 radical (unpaired) electrons. The van der Waals surface area contributed by atoms with Gasteiger partial charge in [-0.25, -0.2) is 17.2 Å². The van der Waals surface area contributed by atoms with Gasteiger partial charge in [0.2, 0.25) is 0 Å². The molecule has 2 aromatic rings. The van der Waals surface area contributed by atoms with E-state index in [2.05, 4.69) is 4.72 Å². The lowest BCUT2D eigenvalue weighted by Crippen LogP contribution is -2.15. The van der Waals surface area contributed by atoms with Crippen LogP contribution in [0.25, 0.3) is 0 Å². The van der Waals surface area contributed by atoms with E-state index >= 15 is 0 Å². The van der Waals surface area contributed by atoms with Crippen molar-refractivity contribution in [3.63, 3.8) is 0 Å². The Morgan fingerprint density at radius 3 is 2.42 bits per heavy atom. The second kappa shape index (κ2) is 6.45. The van der Waals surface area contributed by atoms with Crippen LogP contribution in [0.2, 0.25) is 5.02 Å². The highest BCUT2D eigenvalue weighted by Gasteiger charge is 2.23. The van der Waals surface area contributed by atoms with Crippen molar-refractivity contribution in [2.75, 3.05) is 17.9 Å². The first-order valence-corrected chi connectivity index (χ1v) is 8.80. The first-order valence-electron chi connectivity index (χ1n) is 6.94. The SMILES string of the molecule is O=S(=O)(Nc1cc2c(cc1Cl)OCCCO2)c1cc(F)ccc1F. The third-order valence-corrected chi connectivity index (χ3v) is 4.96. The third kappa shape index (κ3) is 3.39. The normalized spacial score (nSPS) is 14.1. The highest BCUT2D eigenvalue weighted by atomic mass is 35.5. The number of ether oxygens (including phenoxy) is 2. The van der Waals surface area contributed by atoms with E-state index in [-0.39, 0.29) is 10.7 Å². The number of rotatable bonds is 3. The Labute approximate surface area is 142 Å². The monoisotopic (exact) mass is 375 g/mol. The third-order valence-electron chi connectivity index (χ3n) is 3.26. The van der Waals surface area contributed by atoms with Crippen molar-refractivity contribution >= 4 is 27.3 Å². The van der Waals surface area contributed by atoms with Gasteiger partial charge in [-0.3, -0.25) is 4.72 Å². The molecule has 0 amide bonds. The van der Waals surface area contributed by atoms with Gasteiger partial charge in [0.15, 0.2) is 11.5 Å². The van der Waals surface area contributed by atoms with Crippen LogP contribution >= 0.6 is 11.6 Å². The Bertz CT molecular complexity index is 889. The van der Waals surface area contributed by atoms with Crippen LogP contribution < -0.4 is 14.2 Å². The summed E-state index contributed by atoms with van der Waals surface area (Å²) in [6.45, 7) is 0.849. The minimum atomic E-state index is -4.37. The van der Waals surface area contributed by atoms with E-state index in [0.29, 0.717) is 37.2 Å². The summed E-state index contributed by atoms with van der Waals surface area (Å²) in [5.74, 6) is -1.25. The number of fused-ring (bicyclic) bond motifs is 1. The zero-order chi connectivity index (χ0) is 17.3. The minimum absolute atomic E-state index is 0.0235. The summed E-state index contributed by atoms with van der Waals surface area (Å²) in [5, 5.41) is 0.0413. The van der Waals surface area contributed by atoms with Crippen LogP contribution in [0.5, 0.6) is 11.5 Å². The molecule has 0 atom stereocenters. The lowest BCUT2D eigenvalue weighted by Gasteiger charge is -2.14. The highest BCUT2D eigenvalue weighted by molar-refractivity contribution is 7.92. The predicted octanol–water partition coefficient (Wildman–Crippen LogP) is 3.58. The molecule has 0 aromatic heterocycles. The van der Waals surface area contributed by atoms with E-state index in [0.717, 1.165) is 12.1 Å². The fraction of sp³-hybridized carbons (Fsp3) is 0.200. The smallest absolute Gasteiger partial charge is 0.264 e. The summed E-state index contributed by atoms with van der Waals surface area (Å²) in [4.78, 5) is -0.814. The summed E-state index contributed by atoms with van der Waals surface area (Å²) in [6, 6.07) is 4.91. The molecule has 9 heteroatoms. The van der Waals surface area contributed by atoms with Gasteiger partial charge in [0.05, 0.1) is 23.9 Å². The molecule has 2 aromatic carbocycles. The number of benzene rings is 2. The van der Waals surface area contributed by atoms with E-state index in [1.807, 2.05) is 0 Å². The molecule has 0 bridgehead atoms. The Kier molecular flexibility index (Phi) is 4.51. The van der Waals surface area contributed by atoms with E-state index in [1.54, 1.807) is 0 Å². The number of halogens is 3. The van der Waals surface area contributed by atoms with Gasteiger partial charge in [0.1, 0.15) is 16.5 Å². The molecule has 128 valence electrons. The van der Waals surface area contributed by atoms with Gasteiger partial charge in [-0.2, -0.15) is 0 Å². The van der Waals surface area contributed by atoms with E-state index < -0.39 is 26.6 Å². The molecule has 3 rings (SSSR count). The maximum Gasteiger partial charge on any atom is 0.264 e. The van der Waals surface area contributed by atoms with Crippen molar-refractivity contribution in [2.24, 2.45) is 0 Å². The Balaban J connectivity index is 1.98. The molecule has 0 aliphatic carbocycles. The van der Waals surface area contributed by atoms with Crippen molar-refractivity contribution in [2.45, 2.75) is 11.3 Å². The van der Waals surface area contributed by atoms with Gasteiger partial charge in [0.25, 0.3) is 10.0 Å². The van der Waals surface area contributed by atoms with Crippen LogP contribution in [0, 0.1) is 11.6 Å². The molecule has 0 fully saturated rings. The summed E-state index contributed by atoms with van der Waals surface area (Å²) in [7, 11) is -4.37. The Hall–Kier alpha value is -2.06. The quantitative estimate of drug-likeness (QED) is 0.890. The van der Waals surface area contributed by atoms with Crippen molar-refractivity contribution in [1.29, 1.82) is 0 Å². The van der Waals surface area contributed by atoms with Gasteiger partial charge in [0, 0.05) is 18.6 Å². The number of sulfonamides is 1. The molecule has 1 aliphatic heterocycles. The fourth-order valence-corrected chi connectivity index (χ4v) is 3.56. The Morgan fingerprint density at radius 1 is 1.04 bits per heavy atom. The zero-order valence-corrected chi connectivity index (χ0v) is 13.8. The van der Waals surface area contributed by atoms with Crippen LogP contribution in [-0.2, 0) is 10.0 Å². The number of nitrogens with one attached hydrogen (secondary N) is 1. The second-order valence-electron chi connectivity index (χ2n) is 5.01. The number of hydrogen-bond donors (Lipinski definition) is 1. The van der Waals surface area contributed by atoms with Gasteiger partial charge in [-0.15, -0.1) is 0 Å². The molecule has 0 saturated carbocycles. The van der Waals surface area contributed by atoms with Gasteiger partial charge >= 0.3 is 0 Å². The molecule has 0 unspecified atom stereocenters. The van der Waals surface area contributed by atoms with E-state index in [1.165, 1.54) is 12.1 Å². The molecule has 1 N–H and O–H groups in total. The van der Waals surface area contributed by atoms with E-state index in [4.69, 9.17) is 21.1 Å². The lowest BCUT2D eigenvalue weighted by atomic mass is 10.3. The van der Waals surface area contributed by atoms with E-state index in [9.17, 15) is 17.2 Å². The van der Waals surface area contributed by atoms with Crippen LogP contribution in [0.3, 0.4) is 0 Å². The first kappa shape index (κ1) is 16.8. The molecule has 24 heavy (non-hydrogen) atoms. The summed E-state index contributed by atoms with van der Waals surface area (Å²) >= 11 is 6.05. The fourth-order valence-electron chi connectivity index (χ4n) is 2.14. The topological polar surface area (TPSA) is 64.6 Å². The average Bonchev–Trinajstić information content (AvgIpc) is 2.74. The van der Waals surface area contributed by atoms with Crippen molar-refractivity contribution in [3.05, 3.63) is 47.0 Å². The maximum absolute atomic E-state index is 13.7. The number of hydrogen-bond acceptors (Lipinski definition) is 4. The largest absolute Gasteiger partial charge is 0.490 e. The van der Waals surface area contributed by atoms with Crippen LogP contribution in [-0.4, -0.2) is 21.6 Å². The predicted molar refractivity (Wildman–Crippen MR) is 84.2 cm³/mol. The molecule has 0 spiro atoms. The molecular formula is C15H12ClF2NO4S. The van der Waals surface area contributed by atoms with Crippen molar-refractivity contribution in [1.82, 2.24) is 0 Å². The molecule has 5 nitrogen and oxygen atoms in total. The number of anilines is 1. The first-order chi connectivity index (χ1) is 11.4. The molecule has 0 saturated heterocycles. The standard InChI is InChI=1S/C15H12ClF2NO4S/c16-10-7-13-14(23-5-1-4-22-13)8-12(10)19-24(20,21)15-6-9(17)2-3-11(15)18/h2-3,6-8,19H,1,4-5H2. The molecular weight excluding hydrogens is 364 g/mol. The summed E-state index contributed by atoms with van der Waals surface area (Å²) in [5.41, 5.74) is -0.0235. The highest BCUT2D eigenvalue weighted by Crippen LogP contribution is 2.38. The summed E-state index contributed by atoms with van der Waals surface area (Å²) in [6.07, 6.45) is 0.669. The van der Waals surface area contributed by atoms with Crippen LogP contribution in [0.15, 0.2) is 35.2 Å². The summed E-state index contributed by atoms with van der Waals surface area (Å²) < 4.78 is 64.6. The lowest BCUT2D eigenvalue weighted by molar-refractivity contribution is 0.297. The molecule has 1 heterocycles. The Morgan fingerprint density at radius 2 is 1.71 bits per heavy atom. The second-order valence-corrected chi connectivity index (χ2v) is 7.07. The average molecular weight is 376 g/mol.